The number of benzene rings is 3. The van der Waals surface area contributed by atoms with Gasteiger partial charge in [0.2, 0.25) is 0 Å². The van der Waals surface area contributed by atoms with E-state index in [4.69, 9.17) is 11.6 Å². The topological polar surface area (TPSA) is 79.3 Å². The summed E-state index contributed by atoms with van der Waals surface area (Å²) in [6.45, 7) is 1.24. The number of urea groups is 1. The van der Waals surface area contributed by atoms with Crippen molar-refractivity contribution >= 4 is 34.9 Å². The lowest BCUT2D eigenvalue weighted by Gasteiger charge is -2.14. The molecular weight excluding hydrogens is 438 g/mol. The molecule has 1 aromatic heterocycles. The maximum Gasteiger partial charge on any atom is 0.321 e. The van der Waals surface area contributed by atoms with E-state index in [0.717, 1.165) is 16.9 Å². The quantitative estimate of drug-likeness (QED) is 0.444. The molecule has 0 saturated carbocycles. The molecule has 1 aliphatic heterocycles. The number of anilines is 2. The lowest BCUT2D eigenvalue weighted by atomic mass is 10.1. The van der Waals surface area contributed by atoms with Gasteiger partial charge in [-0.1, -0.05) is 41.9 Å². The second-order valence-electron chi connectivity index (χ2n) is 7.56. The molecule has 1 aliphatic rings. The molecule has 5 rings (SSSR count). The molecule has 0 radical (unpaired) electrons. The van der Waals surface area contributed by atoms with Crippen molar-refractivity contribution in [3.8, 4) is 16.9 Å². The highest BCUT2D eigenvalue weighted by Gasteiger charge is 2.22. The number of rotatable bonds is 5. The standard InChI is InChI=1S/C25H20ClN5O2/c26-18-8-6-17(7-9-18)23-22(16-31(29-23)21-4-2-1-3-5-21)24(32)28-19-10-12-20(13-11-19)30-15-14-27-25(30)33/h1-13,16H,14-15H2,(H,27,33)(H,28,32). The van der Waals surface area contributed by atoms with Crippen LogP contribution in [0.2, 0.25) is 5.02 Å². The number of nitrogens with one attached hydrogen (secondary N) is 2. The van der Waals surface area contributed by atoms with E-state index in [1.54, 1.807) is 40.0 Å². The molecule has 0 unspecified atom stereocenters. The largest absolute Gasteiger partial charge is 0.336 e. The van der Waals surface area contributed by atoms with Crippen LogP contribution in [0.5, 0.6) is 0 Å². The third-order valence-electron chi connectivity index (χ3n) is 5.39. The SMILES string of the molecule is O=C(Nc1ccc(N2CCNC2=O)cc1)c1cn(-c2ccccc2)nc1-c1ccc(Cl)cc1. The highest BCUT2D eigenvalue weighted by Crippen LogP contribution is 2.27. The first-order valence-corrected chi connectivity index (χ1v) is 10.8. The molecule has 2 N–H and O–H groups in total. The third kappa shape index (κ3) is 4.31. The summed E-state index contributed by atoms with van der Waals surface area (Å²) in [6, 6.07) is 23.9. The molecule has 0 bridgehead atoms. The summed E-state index contributed by atoms with van der Waals surface area (Å²) in [5, 5.41) is 11.0. The van der Waals surface area contributed by atoms with Crippen LogP contribution in [0.1, 0.15) is 10.4 Å². The lowest BCUT2D eigenvalue weighted by Crippen LogP contribution is -2.27. The number of para-hydroxylation sites is 1. The molecule has 3 aromatic carbocycles. The van der Waals surface area contributed by atoms with Crippen LogP contribution in [0, 0.1) is 0 Å². The van der Waals surface area contributed by atoms with Gasteiger partial charge >= 0.3 is 6.03 Å². The highest BCUT2D eigenvalue weighted by atomic mass is 35.5. The van der Waals surface area contributed by atoms with Gasteiger partial charge in [-0.15, -0.1) is 0 Å². The number of hydrogen-bond acceptors (Lipinski definition) is 3. The summed E-state index contributed by atoms with van der Waals surface area (Å²) in [5.74, 6) is -0.284. The first-order chi connectivity index (χ1) is 16.1. The van der Waals surface area contributed by atoms with Crippen molar-refractivity contribution < 1.29 is 9.59 Å². The molecule has 164 valence electrons. The van der Waals surface area contributed by atoms with Crippen molar-refractivity contribution in [3.63, 3.8) is 0 Å². The molecule has 8 heteroatoms. The Morgan fingerprint density at radius 1 is 0.939 bits per heavy atom. The van der Waals surface area contributed by atoms with Gasteiger partial charge in [-0.05, 0) is 48.5 Å². The van der Waals surface area contributed by atoms with Gasteiger partial charge in [0.25, 0.3) is 5.91 Å². The zero-order valence-corrected chi connectivity index (χ0v) is 18.3. The smallest absolute Gasteiger partial charge is 0.321 e. The van der Waals surface area contributed by atoms with Crippen LogP contribution in [0.3, 0.4) is 0 Å². The predicted molar refractivity (Wildman–Crippen MR) is 129 cm³/mol. The fraction of sp³-hybridized carbons (Fsp3) is 0.0800. The zero-order chi connectivity index (χ0) is 22.8. The van der Waals surface area contributed by atoms with E-state index in [-0.39, 0.29) is 11.9 Å². The van der Waals surface area contributed by atoms with Gasteiger partial charge in [-0.2, -0.15) is 5.10 Å². The Labute approximate surface area is 195 Å². The molecule has 3 amide bonds. The number of carbonyl (C=O) groups is 2. The van der Waals surface area contributed by atoms with Crippen LogP contribution in [-0.2, 0) is 0 Å². The van der Waals surface area contributed by atoms with Crippen LogP contribution in [0.15, 0.2) is 85.1 Å². The van der Waals surface area contributed by atoms with Crippen molar-refractivity contribution in [2.24, 2.45) is 0 Å². The van der Waals surface area contributed by atoms with Crippen molar-refractivity contribution in [3.05, 3.63) is 95.6 Å². The second kappa shape index (κ2) is 8.80. The number of hydrogen-bond donors (Lipinski definition) is 2. The Balaban J connectivity index is 1.44. The summed E-state index contributed by atoms with van der Waals surface area (Å²) >= 11 is 6.05. The Kier molecular flexibility index (Phi) is 5.54. The van der Waals surface area contributed by atoms with Crippen LogP contribution in [-0.4, -0.2) is 34.8 Å². The van der Waals surface area contributed by atoms with Gasteiger partial charge in [0.05, 0.1) is 11.3 Å². The number of halogens is 1. The Bertz CT molecular complexity index is 1300. The predicted octanol–water partition coefficient (Wildman–Crippen LogP) is 4.97. The van der Waals surface area contributed by atoms with Crippen LogP contribution >= 0.6 is 11.6 Å². The summed E-state index contributed by atoms with van der Waals surface area (Å²) in [6.07, 6.45) is 1.72. The molecule has 2 heterocycles. The molecule has 4 aromatic rings. The minimum absolute atomic E-state index is 0.118. The number of carbonyl (C=O) groups excluding carboxylic acids is 2. The van der Waals surface area contributed by atoms with Gasteiger partial charge in [-0.25, -0.2) is 9.48 Å². The third-order valence-corrected chi connectivity index (χ3v) is 5.64. The normalized spacial score (nSPS) is 13.1. The van der Waals surface area contributed by atoms with E-state index in [9.17, 15) is 9.59 Å². The maximum atomic E-state index is 13.2. The van der Waals surface area contributed by atoms with E-state index in [2.05, 4.69) is 15.7 Å². The van der Waals surface area contributed by atoms with E-state index >= 15 is 0 Å². The average molecular weight is 458 g/mol. The van der Waals surface area contributed by atoms with Crippen molar-refractivity contribution in [1.82, 2.24) is 15.1 Å². The van der Waals surface area contributed by atoms with Gasteiger partial charge < -0.3 is 10.6 Å². The van der Waals surface area contributed by atoms with Gasteiger partial charge in [0.15, 0.2) is 0 Å². The minimum Gasteiger partial charge on any atom is -0.336 e. The molecule has 33 heavy (non-hydrogen) atoms. The fourth-order valence-electron chi connectivity index (χ4n) is 3.72. The molecule has 7 nitrogen and oxygen atoms in total. The van der Waals surface area contributed by atoms with Gasteiger partial charge in [-0.3, -0.25) is 9.69 Å². The Morgan fingerprint density at radius 3 is 2.33 bits per heavy atom. The van der Waals surface area contributed by atoms with E-state index in [1.807, 2.05) is 54.6 Å². The lowest BCUT2D eigenvalue weighted by molar-refractivity contribution is 0.102. The van der Waals surface area contributed by atoms with Crippen molar-refractivity contribution in [1.29, 1.82) is 0 Å². The Hall–Kier alpha value is -4.10. The van der Waals surface area contributed by atoms with E-state index in [0.29, 0.717) is 35.1 Å². The van der Waals surface area contributed by atoms with Crippen LogP contribution < -0.4 is 15.5 Å². The van der Waals surface area contributed by atoms with Gasteiger partial charge in [0, 0.05) is 41.2 Å². The number of nitrogens with zero attached hydrogens (tertiary/aromatic N) is 3. The van der Waals surface area contributed by atoms with Crippen molar-refractivity contribution in [2.45, 2.75) is 0 Å². The first-order valence-electron chi connectivity index (χ1n) is 10.5. The molecule has 0 spiro atoms. The molecule has 1 saturated heterocycles. The first kappa shape index (κ1) is 20.8. The summed E-state index contributed by atoms with van der Waals surface area (Å²) in [5.41, 5.74) is 4.02. The Morgan fingerprint density at radius 2 is 1.67 bits per heavy atom. The van der Waals surface area contributed by atoms with Gasteiger partial charge in [0.1, 0.15) is 5.69 Å². The maximum absolute atomic E-state index is 13.2. The van der Waals surface area contributed by atoms with Crippen LogP contribution in [0.25, 0.3) is 16.9 Å². The molecular formula is C25H20ClN5O2. The molecule has 0 aliphatic carbocycles. The molecule has 0 atom stereocenters. The van der Waals surface area contributed by atoms with Crippen molar-refractivity contribution in [2.75, 3.05) is 23.3 Å². The second-order valence-corrected chi connectivity index (χ2v) is 8.00. The van der Waals surface area contributed by atoms with E-state index in [1.165, 1.54) is 0 Å². The summed E-state index contributed by atoms with van der Waals surface area (Å²) < 4.78 is 1.69. The summed E-state index contributed by atoms with van der Waals surface area (Å²) in [7, 11) is 0. The number of amides is 3. The fourth-order valence-corrected chi connectivity index (χ4v) is 3.84. The highest BCUT2D eigenvalue weighted by molar-refractivity contribution is 6.30. The number of aromatic nitrogens is 2. The minimum atomic E-state index is -0.284. The zero-order valence-electron chi connectivity index (χ0n) is 17.5. The van der Waals surface area contributed by atoms with Crippen LogP contribution in [0.4, 0.5) is 16.2 Å². The van der Waals surface area contributed by atoms with E-state index < -0.39 is 0 Å². The average Bonchev–Trinajstić information content (AvgIpc) is 3.48. The molecule has 1 fully saturated rings. The monoisotopic (exact) mass is 457 g/mol. The summed E-state index contributed by atoms with van der Waals surface area (Å²) in [4.78, 5) is 26.8.